The van der Waals surface area contributed by atoms with E-state index in [1.807, 2.05) is 0 Å². The predicted octanol–water partition coefficient (Wildman–Crippen LogP) is -0.932. The number of carboxylic acid groups (broad SMARTS) is 1. The van der Waals surface area contributed by atoms with Crippen LogP contribution in [0.3, 0.4) is 0 Å². The molecule has 1 aromatic rings. The van der Waals surface area contributed by atoms with Crippen LogP contribution < -0.4 is 0 Å². The van der Waals surface area contributed by atoms with E-state index < -0.39 is 11.9 Å². The second-order valence-corrected chi connectivity index (χ2v) is 3.06. The fourth-order valence-corrected chi connectivity index (χ4v) is 1.02. The maximum atomic E-state index is 11.6. The molecule has 0 saturated carbocycles. The van der Waals surface area contributed by atoms with Crippen LogP contribution in [0.2, 0.25) is 0 Å². The number of amides is 1. The molecule has 7 heteroatoms. The van der Waals surface area contributed by atoms with E-state index in [1.54, 1.807) is 0 Å². The number of nitrogens with zero attached hydrogens (tertiary/aromatic N) is 4. The summed E-state index contributed by atoms with van der Waals surface area (Å²) < 4.78 is 1.07. The fourth-order valence-electron chi connectivity index (χ4n) is 1.02. The first-order chi connectivity index (χ1) is 7.54. The Kier molecular flexibility index (Phi) is 3.61. The number of carbonyl (C=O) groups excluding carboxylic acids is 1. The van der Waals surface area contributed by atoms with E-state index in [-0.39, 0.29) is 18.8 Å². The number of rotatable bonds is 4. The van der Waals surface area contributed by atoms with E-state index in [0.29, 0.717) is 0 Å². The van der Waals surface area contributed by atoms with E-state index in [4.69, 9.17) is 11.5 Å². The number of carboxylic acids is 1. The summed E-state index contributed by atoms with van der Waals surface area (Å²) in [6, 6.07) is 0. The Morgan fingerprint density at radius 3 is 2.94 bits per heavy atom. The van der Waals surface area contributed by atoms with Crippen LogP contribution in [0, 0.1) is 12.3 Å². The van der Waals surface area contributed by atoms with Crippen LogP contribution in [0.25, 0.3) is 0 Å². The van der Waals surface area contributed by atoms with Gasteiger partial charge in [0.2, 0.25) is 0 Å². The SMILES string of the molecule is C#CCN(C)C(=O)c1cn(CC(=O)O)nn1. The van der Waals surface area contributed by atoms with E-state index in [9.17, 15) is 9.59 Å². The Morgan fingerprint density at radius 2 is 2.38 bits per heavy atom. The fraction of sp³-hybridized carbons (Fsp3) is 0.333. The highest BCUT2D eigenvalue weighted by Crippen LogP contribution is 1.98. The molecule has 0 spiro atoms. The molecule has 0 aromatic carbocycles. The van der Waals surface area contributed by atoms with Crippen molar-refractivity contribution < 1.29 is 14.7 Å². The third kappa shape index (κ3) is 2.81. The highest BCUT2D eigenvalue weighted by atomic mass is 16.4. The van der Waals surface area contributed by atoms with Gasteiger partial charge in [-0.05, 0) is 0 Å². The Bertz CT molecular complexity index is 446. The molecule has 0 aliphatic rings. The molecule has 1 N–H and O–H groups in total. The van der Waals surface area contributed by atoms with Crippen LogP contribution in [-0.2, 0) is 11.3 Å². The largest absolute Gasteiger partial charge is 0.480 e. The molecule has 1 heterocycles. The topological polar surface area (TPSA) is 88.3 Å². The molecule has 0 saturated heterocycles. The third-order valence-electron chi connectivity index (χ3n) is 1.73. The first-order valence-electron chi connectivity index (χ1n) is 4.35. The third-order valence-corrected chi connectivity index (χ3v) is 1.73. The van der Waals surface area contributed by atoms with Gasteiger partial charge in [-0.25, -0.2) is 4.68 Å². The van der Waals surface area contributed by atoms with Crippen molar-refractivity contribution in [1.82, 2.24) is 19.9 Å². The zero-order chi connectivity index (χ0) is 12.1. The summed E-state index contributed by atoms with van der Waals surface area (Å²) in [6.07, 6.45) is 6.32. The van der Waals surface area contributed by atoms with Gasteiger partial charge in [0.25, 0.3) is 5.91 Å². The molecular weight excluding hydrogens is 212 g/mol. The average Bonchev–Trinajstić information content (AvgIpc) is 2.64. The van der Waals surface area contributed by atoms with Crippen molar-refractivity contribution in [2.45, 2.75) is 6.54 Å². The molecular formula is C9H10N4O3. The highest BCUT2D eigenvalue weighted by molar-refractivity contribution is 5.91. The molecule has 1 amide bonds. The van der Waals surface area contributed by atoms with Gasteiger partial charge in [-0.2, -0.15) is 0 Å². The quantitative estimate of drug-likeness (QED) is 0.665. The standard InChI is InChI=1S/C9H10N4O3/c1-3-4-12(2)9(16)7-5-13(11-10-7)6-8(14)15/h1,5H,4,6H2,2H3,(H,14,15). The summed E-state index contributed by atoms with van der Waals surface area (Å²) in [7, 11) is 1.53. The molecule has 0 bridgehead atoms. The zero-order valence-electron chi connectivity index (χ0n) is 8.62. The van der Waals surface area contributed by atoms with Crippen LogP contribution in [0.1, 0.15) is 10.5 Å². The summed E-state index contributed by atoms with van der Waals surface area (Å²) in [5.74, 6) is 0.864. The lowest BCUT2D eigenvalue weighted by molar-refractivity contribution is -0.137. The van der Waals surface area contributed by atoms with Crippen molar-refractivity contribution >= 4 is 11.9 Å². The summed E-state index contributed by atoms with van der Waals surface area (Å²) >= 11 is 0. The average molecular weight is 222 g/mol. The minimum atomic E-state index is -1.05. The van der Waals surface area contributed by atoms with Gasteiger partial charge in [-0.15, -0.1) is 11.5 Å². The first-order valence-corrected chi connectivity index (χ1v) is 4.35. The van der Waals surface area contributed by atoms with E-state index >= 15 is 0 Å². The minimum absolute atomic E-state index is 0.0685. The molecule has 1 rings (SSSR count). The van der Waals surface area contributed by atoms with Crippen molar-refractivity contribution in [3.8, 4) is 12.3 Å². The minimum Gasteiger partial charge on any atom is -0.480 e. The van der Waals surface area contributed by atoms with Gasteiger partial charge in [0, 0.05) is 7.05 Å². The van der Waals surface area contributed by atoms with Crippen molar-refractivity contribution in [2.24, 2.45) is 0 Å². The zero-order valence-corrected chi connectivity index (χ0v) is 8.62. The lowest BCUT2D eigenvalue weighted by atomic mass is 10.4. The smallest absolute Gasteiger partial charge is 0.325 e. The molecule has 84 valence electrons. The van der Waals surface area contributed by atoms with Crippen LogP contribution in [0.15, 0.2) is 6.20 Å². The lowest BCUT2D eigenvalue weighted by Gasteiger charge is -2.10. The van der Waals surface area contributed by atoms with Crippen LogP contribution in [0.5, 0.6) is 0 Å². The Hall–Kier alpha value is -2.36. The normalized spacial score (nSPS) is 9.50. The van der Waals surface area contributed by atoms with Gasteiger partial charge in [0.1, 0.15) is 6.54 Å². The second kappa shape index (κ2) is 4.93. The molecule has 1 aromatic heterocycles. The lowest BCUT2D eigenvalue weighted by Crippen LogP contribution is -2.27. The summed E-state index contributed by atoms with van der Waals surface area (Å²) in [4.78, 5) is 23.3. The monoisotopic (exact) mass is 222 g/mol. The number of hydrogen-bond donors (Lipinski definition) is 1. The van der Waals surface area contributed by atoms with Gasteiger partial charge in [-0.3, -0.25) is 9.59 Å². The number of terminal acetylenes is 1. The number of carbonyl (C=O) groups is 2. The Balaban J connectivity index is 2.74. The number of hydrogen-bond acceptors (Lipinski definition) is 4. The summed E-state index contributed by atoms with van der Waals surface area (Å²) in [6.45, 7) is -0.177. The maximum Gasteiger partial charge on any atom is 0.325 e. The molecule has 0 aliphatic carbocycles. The van der Waals surface area contributed by atoms with Gasteiger partial charge >= 0.3 is 5.97 Å². The molecule has 0 aliphatic heterocycles. The van der Waals surface area contributed by atoms with Crippen LogP contribution >= 0.6 is 0 Å². The van der Waals surface area contributed by atoms with E-state index in [2.05, 4.69) is 16.2 Å². The molecule has 0 atom stereocenters. The molecule has 0 fully saturated rings. The maximum absolute atomic E-state index is 11.6. The summed E-state index contributed by atoms with van der Waals surface area (Å²) in [5, 5.41) is 15.6. The Morgan fingerprint density at radius 1 is 1.69 bits per heavy atom. The molecule has 16 heavy (non-hydrogen) atoms. The van der Waals surface area contributed by atoms with E-state index in [0.717, 1.165) is 4.68 Å². The van der Waals surface area contributed by atoms with Crippen molar-refractivity contribution in [1.29, 1.82) is 0 Å². The van der Waals surface area contributed by atoms with Crippen LogP contribution in [-0.4, -0.2) is 50.5 Å². The van der Waals surface area contributed by atoms with Crippen molar-refractivity contribution in [3.05, 3.63) is 11.9 Å². The van der Waals surface area contributed by atoms with Gasteiger partial charge in [-0.1, -0.05) is 11.1 Å². The molecule has 0 unspecified atom stereocenters. The Labute approximate surface area is 91.7 Å². The highest BCUT2D eigenvalue weighted by Gasteiger charge is 2.15. The van der Waals surface area contributed by atoms with Gasteiger partial charge in [0.05, 0.1) is 12.7 Å². The van der Waals surface area contributed by atoms with Gasteiger partial charge < -0.3 is 10.0 Å². The van der Waals surface area contributed by atoms with Crippen molar-refractivity contribution in [3.63, 3.8) is 0 Å². The van der Waals surface area contributed by atoms with E-state index in [1.165, 1.54) is 18.1 Å². The number of aliphatic carboxylic acids is 1. The first kappa shape index (κ1) is 11.7. The molecule has 0 radical (unpaired) electrons. The predicted molar refractivity (Wildman–Crippen MR) is 53.5 cm³/mol. The second-order valence-electron chi connectivity index (χ2n) is 3.06. The van der Waals surface area contributed by atoms with Crippen LogP contribution in [0.4, 0.5) is 0 Å². The van der Waals surface area contributed by atoms with Gasteiger partial charge in [0.15, 0.2) is 5.69 Å². The molecule has 7 nitrogen and oxygen atoms in total. The van der Waals surface area contributed by atoms with Crippen molar-refractivity contribution in [2.75, 3.05) is 13.6 Å². The number of aromatic nitrogens is 3. The summed E-state index contributed by atoms with van der Waals surface area (Å²) in [5.41, 5.74) is 0.0685.